The zero-order valence-electron chi connectivity index (χ0n) is 10.3. The van der Waals surface area contributed by atoms with E-state index >= 15 is 0 Å². The number of benzene rings is 1. The van der Waals surface area contributed by atoms with E-state index in [9.17, 15) is 13.2 Å². The molecule has 1 heterocycles. The number of hydrogen-bond acceptors (Lipinski definition) is 2. The van der Waals surface area contributed by atoms with Crippen LogP contribution < -0.4 is 5.32 Å². The van der Waals surface area contributed by atoms with Crippen molar-refractivity contribution in [2.75, 3.05) is 20.1 Å². The van der Waals surface area contributed by atoms with E-state index in [0.29, 0.717) is 12.6 Å². The Balaban J connectivity index is 1.97. The van der Waals surface area contributed by atoms with Crippen LogP contribution in [0.1, 0.15) is 17.5 Å². The zero-order valence-corrected chi connectivity index (χ0v) is 10.3. The maximum atomic E-state index is 12.4. The Labute approximate surface area is 105 Å². The number of hydrogen-bond donors (Lipinski definition) is 1. The molecule has 0 saturated carbocycles. The van der Waals surface area contributed by atoms with Gasteiger partial charge in [-0.1, -0.05) is 12.1 Å². The van der Waals surface area contributed by atoms with Crippen molar-refractivity contribution in [2.45, 2.75) is 25.2 Å². The summed E-state index contributed by atoms with van der Waals surface area (Å²) in [5.41, 5.74) is 0.328. The molecule has 2 rings (SSSR count). The monoisotopic (exact) mass is 258 g/mol. The van der Waals surface area contributed by atoms with Crippen LogP contribution in [0.2, 0.25) is 0 Å². The molecule has 0 aliphatic carbocycles. The molecule has 1 atom stereocenters. The van der Waals surface area contributed by atoms with E-state index in [1.165, 1.54) is 0 Å². The Kier molecular flexibility index (Phi) is 3.92. The molecule has 18 heavy (non-hydrogen) atoms. The molecule has 1 aliphatic rings. The molecule has 0 amide bonds. The Morgan fingerprint density at radius 3 is 2.44 bits per heavy atom. The maximum absolute atomic E-state index is 12.4. The third-order valence-electron chi connectivity index (χ3n) is 3.37. The first-order valence-corrected chi connectivity index (χ1v) is 6.04. The number of halogens is 3. The Hall–Kier alpha value is -1.07. The van der Waals surface area contributed by atoms with Crippen molar-refractivity contribution >= 4 is 0 Å². The van der Waals surface area contributed by atoms with Crippen LogP contribution in [0.25, 0.3) is 0 Å². The SMILES string of the molecule is CN(Cc1ccc(C(F)(F)F)cc1)C1CCNC1. The van der Waals surface area contributed by atoms with E-state index in [1.54, 1.807) is 12.1 Å². The van der Waals surface area contributed by atoms with Crippen LogP contribution in [-0.2, 0) is 12.7 Å². The summed E-state index contributed by atoms with van der Waals surface area (Å²) in [7, 11) is 2.01. The molecule has 5 heteroatoms. The highest BCUT2D eigenvalue weighted by Gasteiger charge is 2.30. The lowest BCUT2D eigenvalue weighted by molar-refractivity contribution is -0.137. The van der Waals surface area contributed by atoms with Crippen LogP contribution in [-0.4, -0.2) is 31.1 Å². The van der Waals surface area contributed by atoms with Gasteiger partial charge in [0.05, 0.1) is 5.56 Å². The fourth-order valence-corrected chi connectivity index (χ4v) is 2.23. The van der Waals surface area contributed by atoms with Gasteiger partial charge in [0, 0.05) is 19.1 Å². The van der Waals surface area contributed by atoms with Gasteiger partial charge in [-0.05, 0) is 37.7 Å². The summed E-state index contributed by atoms with van der Waals surface area (Å²) in [6.07, 6.45) is -3.16. The van der Waals surface area contributed by atoms with Gasteiger partial charge in [-0.25, -0.2) is 0 Å². The number of alkyl halides is 3. The molecule has 1 N–H and O–H groups in total. The fourth-order valence-electron chi connectivity index (χ4n) is 2.23. The van der Waals surface area contributed by atoms with E-state index in [0.717, 1.165) is 37.2 Å². The number of likely N-dealkylation sites (N-methyl/N-ethyl adjacent to an activating group) is 1. The van der Waals surface area contributed by atoms with Crippen molar-refractivity contribution in [1.82, 2.24) is 10.2 Å². The van der Waals surface area contributed by atoms with Gasteiger partial charge >= 0.3 is 6.18 Å². The fraction of sp³-hybridized carbons (Fsp3) is 0.538. The van der Waals surface area contributed by atoms with Gasteiger partial charge < -0.3 is 5.32 Å². The normalized spacial score (nSPS) is 20.6. The highest BCUT2D eigenvalue weighted by Crippen LogP contribution is 2.29. The second-order valence-corrected chi connectivity index (χ2v) is 4.76. The number of nitrogens with zero attached hydrogens (tertiary/aromatic N) is 1. The molecular formula is C13H17F3N2. The quantitative estimate of drug-likeness (QED) is 0.896. The number of rotatable bonds is 3. The second kappa shape index (κ2) is 5.28. The molecule has 2 nitrogen and oxygen atoms in total. The molecule has 1 fully saturated rings. The molecule has 1 aromatic carbocycles. The lowest BCUT2D eigenvalue weighted by Gasteiger charge is -2.23. The highest BCUT2D eigenvalue weighted by atomic mass is 19.4. The molecule has 1 aliphatic heterocycles. The Bertz CT molecular complexity index is 380. The molecule has 1 aromatic rings. The maximum Gasteiger partial charge on any atom is 0.416 e. The standard InChI is InChI=1S/C13H17F3N2/c1-18(12-6-7-17-8-12)9-10-2-4-11(5-3-10)13(14,15)16/h2-5,12,17H,6-9H2,1H3. The van der Waals surface area contributed by atoms with E-state index in [2.05, 4.69) is 10.2 Å². The summed E-state index contributed by atoms with van der Waals surface area (Å²) in [5.74, 6) is 0. The smallest absolute Gasteiger partial charge is 0.315 e. The van der Waals surface area contributed by atoms with Crippen LogP contribution in [0.4, 0.5) is 13.2 Å². The first kappa shape index (κ1) is 13.4. The average Bonchev–Trinajstić information content (AvgIpc) is 2.82. The molecule has 1 unspecified atom stereocenters. The molecular weight excluding hydrogens is 241 g/mol. The Morgan fingerprint density at radius 2 is 1.94 bits per heavy atom. The van der Waals surface area contributed by atoms with Crippen LogP contribution in [0, 0.1) is 0 Å². The van der Waals surface area contributed by atoms with Crippen molar-refractivity contribution in [3.8, 4) is 0 Å². The van der Waals surface area contributed by atoms with Gasteiger partial charge in [0.1, 0.15) is 0 Å². The minimum Gasteiger partial charge on any atom is -0.315 e. The lowest BCUT2D eigenvalue weighted by Crippen LogP contribution is -2.32. The van der Waals surface area contributed by atoms with Gasteiger partial charge in [-0.2, -0.15) is 13.2 Å². The minimum absolute atomic E-state index is 0.479. The van der Waals surface area contributed by atoms with Crippen LogP contribution >= 0.6 is 0 Å². The minimum atomic E-state index is -4.25. The highest BCUT2D eigenvalue weighted by molar-refractivity contribution is 5.24. The molecule has 0 aromatic heterocycles. The van der Waals surface area contributed by atoms with Crippen molar-refractivity contribution in [2.24, 2.45) is 0 Å². The van der Waals surface area contributed by atoms with Crippen molar-refractivity contribution in [3.63, 3.8) is 0 Å². The average molecular weight is 258 g/mol. The summed E-state index contributed by atoms with van der Waals surface area (Å²) in [5, 5.41) is 3.28. The first-order chi connectivity index (χ1) is 8.47. The van der Waals surface area contributed by atoms with E-state index < -0.39 is 11.7 Å². The zero-order chi connectivity index (χ0) is 13.2. The van der Waals surface area contributed by atoms with Crippen molar-refractivity contribution in [1.29, 1.82) is 0 Å². The second-order valence-electron chi connectivity index (χ2n) is 4.76. The molecule has 1 saturated heterocycles. The summed E-state index contributed by atoms with van der Waals surface area (Å²) in [6, 6.07) is 5.89. The van der Waals surface area contributed by atoms with Crippen LogP contribution in [0.3, 0.4) is 0 Å². The van der Waals surface area contributed by atoms with E-state index in [4.69, 9.17) is 0 Å². The number of nitrogens with one attached hydrogen (secondary N) is 1. The van der Waals surface area contributed by atoms with E-state index in [-0.39, 0.29) is 0 Å². The third-order valence-corrected chi connectivity index (χ3v) is 3.37. The van der Waals surface area contributed by atoms with Gasteiger partial charge in [0.25, 0.3) is 0 Å². The third kappa shape index (κ3) is 3.23. The molecule has 0 spiro atoms. The molecule has 100 valence electrons. The summed E-state index contributed by atoms with van der Waals surface area (Å²) >= 11 is 0. The topological polar surface area (TPSA) is 15.3 Å². The lowest BCUT2D eigenvalue weighted by atomic mass is 10.1. The van der Waals surface area contributed by atoms with Crippen molar-refractivity contribution in [3.05, 3.63) is 35.4 Å². The van der Waals surface area contributed by atoms with Crippen LogP contribution in [0.5, 0.6) is 0 Å². The predicted octanol–water partition coefficient (Wildman–Crippen LogP) is 2.50. The molecule has 0 bridgehead atoms. The summed E-state index contributed by atoms with van der Waals surface area (Å²) in [4.78, 5) is 2.18. The van der Waals surface area contributed by atoms with Crippen molar-refractivity contribution < 1.29 is 13.2 Å². The molecule has 0 radical (unpaired) electrons. The Morgan fingerprint density at radius 1 is 1.28 bits per heavy atom. The van der Waals surface area contributed by atoms with Gasteiger partial charge in [-0.3, -0.25) is 4.90 Å². The van der Waals surface area contributed by atoms with Gasteiger partial charge in [-0.15, -0.1) is 0 Å². The van der Waals surface area contributed by atoms with E-state index in [1.807, 2.05) is 7.05 Å². The summed E-state index contributed by atoms with van der Waals surface area (Å²) < 4.78 is 37.2. The van der Waals surface area contributed by atoms with Gasteiger partial charge in [0.15, 0.2) is 0 Å². The van der Waals surface area contributed by atoms with Crippen LogP contribution in [0.15, 0.2) is 24.3 Å². The first-order valence-electron chi connectivity index (χ1n) is 6.04. The largest absolute Gasteiger partial charge is 0.416 e. The summed E-state index contributed by atoms with van der Waals surface area (Å²) in [6.45, 7) is 2.66. The van der Waals surface area contributed by atoms with Gasteiger partial charge in [0.2, 0.25) is 0 Å². The predicted molar refractivity (Wildman–Crippen MR) is 64.2 cm³/mol.